The zero-order valence-electron chi connectivity index (χ0n) is 13.0. The Kier molecular flexibility index (Phi) is 4.69. The number of hydrogen-bond donors (Lipinski definition) is 1. The number of hydrogen-bond acceptors (Lipinski definition) is 2. The van der Waals surface area contributed by atoms with E-state index in [0.717, 1.165) is 18.8 Å². The first-order valence-electron chi connectivity index (χ1n) is 7.82. The normalized spacial score (nSPS) is 19.9. The van der Waals surface area contributed by atoms with Gasteiger partial charge in [0, 0.05) is 30.4 Å². The van der Waals surface area contributed by atoms with Crippen molar-refractivity contribution < 1.29 is 4.39 Å². The van der Waals surface area contributed by atoms with Gasteiger partial charge >= 0.3 is 0 Å². The molecule has 112 valence electrons. The highest BCUT2D eigenvalue weighted by atomic mass is 19.1. The Morgan fingerprint density at radius 3 is 2.35 bits per heavy atom. The van der Waals surface area contributed by atoms with Crippen molar-refractivity contribution in [1.29, 1.82) is 0 Å². The van der Waals surface area contributed by atoms with Crippen molar-refractivity contribution in [3.8, 4) is 0 Å². The molecule has 1 fully saturated rings. The smallest absolute Gasteiger partial charge is 0.130 e. The molecule has 1 atom stereocenters. The number of piperidine rings is 1. The lowest BCUT2D eigenvalue weighted by Gasteiger charge is -2.42. The maximum atomic E-state index is 14.0. The van der Waals surface area contributed by atoms with Gasteiger partial charge in [0.25, 0.3) is 0 Å². The second-order valence-corrected chi connectivity index (χ2v) is 6.16. The average molecular weight is 278 g/mol. The van der Waals surface area contributed by atoms with Crippen LogP contribution in [-0.2, 0) is 0 Å². The summed E-state index contributed by atoms with van der Waals surface area (Å²) in [4.78, 5) is 2.31. The summed E-state index contributed by atoms with van der Waals surface area (Å²) in [5.74, 6) is -0.180. The SMILES string of the molecule is CCC1(CC)CCN(c2cccc(F)c2[C@H](C)N)CC1. The second kappa shape index (κ2) is 6.13. The summed E-state index contributed by atoms with van der Waals surface area (Å²) in [6.07, 6.45) is 4.85. The van der Waals surface area contributed by atoms with Gasteiger partial charge in [-0.05, 0) is 37.3 Å². The van der Waals surface area contributed by atoms with Gasteiger partial charge < -0.3 is 10.6 Å². The van der Waals surface area contributed by atoms with E-state index in [-0.39, 0.29) is 11.9 Å². The number of halogens is 1. The molecule has 0 spiro atoms. The first-order chi connectivity index (χ1) is 9.53. The lowest BCUT2D eigenvalue weighted by Crippen LogP contribution is -2.40. The number of benzene rings is 1. The van der Waals surface area contributed by atoms with Gasteiger partial charge in [0.2, 0.25) is 0 Å². The minimum Gasteiger partial charge on any atom is -0.371 e. The fourth-order valence-corrected chi connectivity index (χ4v) is 3.43. The van der Waals surface area contributed by atoms with E-state index in [4.69, 9.17) is 5.73 Å². The Morgan fingerprint density at radius 1 is 1.25 bits per heavy atom. The Morgan fingerprint density at radius 2 is 1.85 bits per heavy atom. The first kappa shape index (κ1) is 15.3. The van der Waals surface area contributed by atoms with Gasteiger partial charge in [-0.15, -0.1) is 0 Å². The van der Waals surface area contributed by atoms with Gasteiger partial charge in [0.05, 0.1) is 0 Å². The van der Waals surface area contributed by atoms with Crippen molar-refractivity contribution in [2.24, 2.45) is 11.1 Å². The summed E-state index contributed by atoms with van der Waals surface area (Å²) in [5.41, 5.74) is 8.09. The van der Waals surface area contributed by atoms with Crippen LogP contribution < -0.4 is 10.6 Å². The molecule has 0 aromatic heterocycles. The van der Waals surface area contributed by atoms with Crippen LogP contribution in [-0.4, -0.2) is 13.1 Å². The Balaban J connectivity index is 2.21. The molecule has 2 rings (SSSR count). The predicted molar refractivity (Wildman–Crippen MR) is 83.5 cm³/mol. The summed E-state index contributed by atoms with van der Waals surface area (Å²) < 4.78 is 14.0. The van der Waals surface area contributed by atoms with Crippen molar-refractivity contribution >= 4 is 5.69 Å². The molecule has 3 heteroatoms. The van der Waals surface area contributed by atoms with Crippen molar-refractivity contribution in [2.75, 3.05) is 18.0 Å². The zero-order valence-corrected chi connectivity index (χ0v) is 13.0. The largest absolute Gasteiger partial charge is 0.371 e. The molecule has 0 saturated carbocycles. The van der Waals surface area contributed by atoms with E-state index < -0.39 is 0 Å². The number of nitrogens with two attached hydrogens (primary N) is 1. The molecule has 20 heavy (non-hydrogen) atoms. The monoisotopic (exact) mass is 278 g/mol. The maximum absolute atomic E-state index is 14.0. The molecule has 0 unspecified atom stereocenters. The summed E-state index contributed by atoms with van der Waals surface area (Å²) in [5, 5.41) is 0. The molecule has 1 saturated heterocycles. The van der Waals surface area contributed by atoms with Gasteiger partial charge in [-0.25, -0.2) is 4.39 Å². The molecule has 1 aliphatic heterocycles. The van der Waals surface area contributed by atoms with Crippen LogP contribution in [0.4, 0.5) is 10.1 Å². The molecule has 0 radical (unpaired) electrons. The minimum atomic E-state index is -0.268. The first-order valence-corrected chi connectivity index (χ1v) is 7.82. The van der Waals surface area contributed by atoms with Gasteiger partial charge in [-0.2, -0.15) is 0 Å². The van der Waals surface area contributed by atoms with Crippen LogP contribution in [0.2, 0.25) is 0 Å². The molecule has 1 aliphatic rings. The number of nitrogens with zero attached hydrogens (tertiary/aromatic N) is 1. The molecular formula is C17H27FN2. The zero-order chi connectivity index (χ0) is 14.8. The summed E-state index contributed by atoms with van der Waals surface area (Å²) in [7, 11) is 0. The third-order valence-corrected chi connectivity index (χ3v) is 5.15. The van der Waals surface area contributed by atoms with Crippen LogP contribution in [0.1, 0.15) is 58.1 Å². The average Bonchev–Trinajstić information content (AvgIpc) is 2.46. The van der Waals surface area contributed by atoms with Gasteiger partial charge in [-0.3, -0.25) is 0 Å². The van der Waals surface area contributed by atoms with E-state index in [0.29, 0.717) is 11.0 Å². The van der Waals surface area contributed by atoms with Crippen LogP contribution in [0.15, 0.2) is 18.2 Å². The van der Waals surface area contributed by atoms with Crippen molar-refractivity contribution in [2.45, 2.75) is 52.5 Å². The summed E-state index contributed by atoms with van der Waals surface area (Å²) >= 11 is 0. The van der Waals surface area contributed by atoms with Crippen LogP contribution in [0.3, 0.4) is 0 Å². The van der Waals surface area contributed by atoms with Crippen molar-refractivity contribution in [3.05, 3.63) is 29.6 Å². The van der Waals surface area contributed by atoms with Crippen molar-refractivity contribution in [1.82, 2.24) is 0 Å². The van der Waals surface area contributed by atoms with Crippen LogP contribution >= 0.6 is 0 Å². The predicted octanol–water partition coefficient (Wildman–Crippen LogP) is 4.25. The standard InChI is InChI=1S/C17H27FN2/c1-4-17(5-2)9-11-20(12-10-17)15-8-6-7-14(18)16(15)13(3)19/h6-8,13H,4-5,9-12,19H2,1-3H3/t13-/m0/s1. The van der Waals surface area contributed by atoms with Gasteiger partial charge in [0.15, 0.2) is 0 Å². The van der Waals surface area contributed by atoms with Crippen molar-refractivity contribution in [3.63, 3.8) is 0 Å². The highest BCUT2D eigenvalue weighted by molar-refractivity contribution is 5.55. The minimum absolute atomic E-state index is 0.180. The number of rotatable bonds is 4. The fraction of sp³-hybridized carbons (Fsp3) is 0.647. The highest BCUT2D eigenvalue weighted by Crippen LogP contribution is 2.40. The molecule has 1 aromatic rings. The second-order valence-electron chi connectivity index (χ2n) is 6.16. The summed E-state index contributed by atoms with van der Waals surface area (Å²) in [6.45, 7) is 8.44. The van der Waals surface area contributed by atoms with E-state index in [1.54, 1.807) is 6.07 Å². The van der Waals surface area contributed by atoms with E-state index in [2.05, 4.69) is 18.7 Å². The van der Waals surface area contributed by atoms with E-state index in [1.807, 2.05) is 13.0 Å². The van der Waals surface area contributed by atoms with Gasteiger partial charge in [0.1, 0.15) is 5.82 Å². The third kappa shape index (κ3) is 2.83. The Labute approximate surface area is 122 Å². The van der Waals surface area contributed by atoms with Crippen LogP contribution in [0, 0.1) is 11.2 Å². The number of anilines is 1. The molecule has 0 bridgehead atoms. The quantitative estimate of drug-likeness (QED) is 0.892. The summed E-state index contributed by atoms with van der Waals surface area (Å²) in [6, 6.07) is 5.04. The lowest BCUT2D eigenvalue weighted by atomic mass is 9.74. The van der Waals surface area contributed by atoms with E-state index >= 15 is 0 Å². The molecule has 2 N–H and O–H groups in total. The van der Waals surface area contributed by atoms with Gasteiger partial charge in [-0.1, -0.05) is 32.8 Å². The van der Waals surface area contributed by atoms with Crippen LogP contribution in [0.25, 0.3) is 0 Å². The Bertz CT molecular complexity index is 442. The Hall–Kier alpha value is -1.09. The van der Waals surface area contributed by atoms with E-state index in [1.165, 1.54) is 31.7 Å². The fourth-order valence-electron chi connectivity index (χ4n) is 3.43. The molecule has 0 amide bonds. The maximum Gasteiger partial charge on any atom is 0.130 e. The topological polar surface area (TPSA) is 29.3 Å². The molecule has 0 aliphatic carbocycles. The van der Waals surface area contributed by atoms with E-state index in [9.17, 15) is 4.39 Å². The molecule has 1 heterocycles. The third-order valence-electron chi connectivity index (χ3n) is 5.15. The highest BCUT2D eigenvalue weighted by Gasteiger charge is 2.32. The molecular weight excluding hydrogens is 251 g/mol. The molecule has 1 aromatic carbocycles. The lowest BCUT2D eigenvalue weighted by molar-refractivity contribution is 0.199. The van der Waals surface area contributed by atoms with Crippen LogP contribution in [0.5, 0.6) is 0 Å². The molecule has 2 nitrogen and oxygen atoms in total.